The molecule has 0 spiro atoms. The van der Waals surface area contributed by atoms with E-state index in [4.69, 9.17) is 14.2 Å². The van der Waals surface area contributed by atoms with Gasteiger partial charge in [0.05, 0.1) is 22.8 Å². The Morgan fingerprint density at radius 2 is 1.60 bits per heavy atom. The van der Waals surface area contributed by atoms with E-state index >= 15 is 0 Å². The zero-order chi connectivity index (χ0) is 21.8. The van der Waals surface area contributed by atoms with Gasteiger partial charge in [0.15, 0.2) is 6.10 Å². The van der Waals surface area contributed by atoms with Gasteiger partial charge in [0.2, 0.25) is 0 Å². The Morgan fingerprint density at radius 1 is 1.07 bits per heavy atom. The molecule has 6 nitrogen and oxygen atoms in total. The van der Waals surface area contributed by atoms with Crippen LogP contribution in [0.15, 0.2) is 60.7 Å². The van der Waals surface area contributed by atoms with Crippen molar-refractivity contribution in [3.05, 3.63) is 71.8 Å². The van der Waals surface area contributed by atoms with Crippen LogP contribution in [0.5, 0.6) is 0 Å². The first-order valence-electron chi connectivity index (χ1n) is 10.1. The summed E-state index contributed by atoms with van der Waals surface area (Å²) >= 11 is 0. The average molecular weight is 412 g/mol. The van der Waals surface area contributed by atoms with E-state index in [-0.39, 0.29) is 6.61 Å². The second-order valence-electron chi connectivity index (χ2n) is 8.34. The lowest BCUT2D eigenvalue weighted by Crippen LogP contribution is -2.48. The normalized spacial score (nSPS) is 22.3. The van der Waals surface area contributed by atoms with Crippen molar-refractivity contribution >= 4 is 11.9 Å². The molecule has 0 bridgehead atoms. The smallest absolute Gasteiger partial charge is 0.338 e. The molecule has 0 unspecified atom stereocenters. The van der Waals surface area contributed by atoms with Crippen molar-refractivity contribution in [2.24, 2.45) is 0 Å². The maximum absolute atomic E-state index is 12.7. The molecule has 0 aliphatic carbocycles. The minimum atomic E-state index is -1.04. The number of rotatable bonds is 7. The minimum Gasteiger partial charge on any atom is -0.458 e. The number of carbonyl (C=O) groups excluding carboxylic acids is 2. The first-order valence-corrected chi connectivity index (χ1v) is 10.1. The third-order valence-corrected chi connectivity index (χ3v) is 5.42. The molecule has 0 radical (unpaired) electrons. The second kappa shape index (κ2) is 8.98. The van der Waals surface area contributed by atoms with Gasteiger partial charge in [0.25, 0.3) is 0 Å². The third-order valence-electron chi connectivity index (χ3n) is 5.42. The van der Waals surface area contributed by atoms with E-state index < -0.39 is 35.3 Å². The summed E-state index contributed by atoms with van der Waals surface area (Å²) in [5, 5.41) is 10.3. The number of aliphatic hydroxyl groups is 1. The van der Waals surface area contributed by atoms with Crippen molar-refractivity contribution < 1.29 is 28.9 Å². The quantitative estimate of drug-likeness (QED) is 0.697. The van der Waals surface area contributed by atoms with Gasteiger partial charge in [-0.3, -0.25) is 0 Å². The Labute approximate surface area is 176 Å². The van der Waals surface area contributed by atoms with Crippen LogP contribution in [0.4, 0.5) is 0 Å². The zero-order valence-corrected chi connectivity index (χ0v) is 17.5. The van der Waals surface area contributed by atoms with Gasteiger partial charge in [0, 0.05) is 0 Å². The molecule has 3 atom stereocenters. The third kappa shape index (κ3) is 5.26. The molecule has 1 fully saturated rings. The number of hydrogen-bond acceptors (Lipinski definition) is 6. The molecule has 1 aliphatic rings. The van der Waals surface area contributed by atoms with E-state index in [0.717, 1.165) is 0 Å². The number of hydrogen-bond donors (Lipinski definition) is 1. The maximum Gasteiger partial charge on any atom is 0.338 e. The lowest BCUT2D eigenvalue weighted by molar-refractivity contribution is -0.162. The molecule has 1 N–H and O–H groups in total. The van der Waals surface area contributed by atoms with Gasteiger partial charge in [-0.05, 0) is 57.9 Å². The Bertz CT molecular complexity index is 858. The summed E-state index contributed by atoms with van der Waals surface area (Å²) < 4.78 is 17.3. The van der Waals surface area contributed by atoms with Crippen LogP contribution in [0.25, 0.3) is 0 Å². The number of benzene rings is 2. The molecule has 0 saturated carbocycles. The standard InChI is InChI=1S/C24H28O6/c1-23(2,27)19-14-15-24(3,30-19)20(29-22(26)18-12-8-5-9-13-18)16-28-21(25)17-10-6-4-7-11-17/h4-13,19-20,27H,14-16H2,1-3H3/t19-,20+,24+/m0/s1. The van der Waals surface area contributed by atoms with E-state index in [2.05, 4.69) is 0 Å². The van der Waals surface area contributed by atoms with Crippen LogP contribution in [0.2, 0.25) is 0 Å². The van der Waals surface area contributed by atoms with Gasteiger partial charge < -0.3 is 19.3 Å². The van der Waals surface area contributed by atoms with E-state index in [1.807, 2.05) is 19.1 Å². The molecule has 2 aromatic carbocycles. The number of ether oxygens (including phenoxy) is 3. The lowest BCUT2D eigenvalue weighted by Gasteiger charge is -2.35. The molecule has 30 heavy (non-hydrogen) atoms. The second-order valence-corrected chi connectivity index (χ2v) is 8.34. The largest absolute Gasteiger partial charge is 0.458 e. The Balaban J connectivity index is 1.76. The van der Waals surface area contributed by atoms with Crippen molar-refractivity contribution in [2.75, 3.05) is 6.61 Å². The zero-order valence-electron chi connectivity index (χ0n) is 17.5. The number of carbonyl (C=O) groups is 2. The van der Waals surface area contributed by atoms with Gasteiger partial charge in [-0.25, -0.2) is 9.59 Å². The fourth-order valence-corrected chi connectivity index (χ4v) is 3.51. The highest BCUT2D eigenvalue weighted by Crippen LogP contribution is 2.39. The van der Waals surface area contributed by atoms with Gasteiger partial charge in [-0.2, -0.15) is 0 Å². The summed E-state index contributed by atoms with van der Waals surface area (Å²) in [6, 6.07) is 17.3. The minimum absolute atomic E-state index is 0.151. The van der Waals surface area contributed by atoms with E-state index in [0.29, 0.717) is 24.0 Å². The molecule has 0 aromatic heterocycles. The Hall–Kier alpha value is -2.70. The van der Waals surface area contributed by atoms with Crippen LogP contribution in [0.1, 0.15) is 54.3 Å². The van der Waals surface area contributed by atoms with E-state index in [1.54, 1.807) is 62.4 Å². The van der Waals surface area contributed by atoms with Crippen LogP contribution in [-0.2, 0) is 14.2 Å². The molecule has 3 rings (SSSR count). The molecule has 0 amide bonds. The van der Waals surface area contributed by atoms with E-state index in [9.17, 15) is 14.7 Å². The molecule has 6 heteroatoms. The molecule has 2 aromatic rings. The predicted molar refractivity (Wildman–Crippen MR) is 111 cm³/mol. The average Bonchev–Trinajstić information content (AvgIpc) is 3.15. The summed E-state index contributed by atoms with van der Waals surface area (Å²) in [5.41, 5.74) is -1.12. The van der Waals surface area contributed by atoms with Crippen molar-refractivity contribution in [1.82, 2.24) is 0 Å². The van der Waals surface area contributed by atoms with Crippen LogP contribution in [-0.4, -0.2) is 47.1 Å². The predicted octanol–water partition coefficient (Wildman–Crippen LogP) is 3.78. The molecule has 1 heterocycles. The number of esters is 2. The lowest BCUT2D eigenvalue weighted by atomic mass is 9.93. The van der Waals surface area contributed by atoms with Crippen LogP contribution < -0.4 is 0 Å². The maximum atomic E-state index is 12.7. The first kappa shape index (κ1) is 22.0. The topological polar surface area (TPSA) is 82.1 Å². The highest BCUT2D eigenvalue weighted by atomic mass is 16.6. The molecular formula is C24H28O6. The van der Waals surface area contributed by atoms with Gasteiger partial charge in [-0.15, -0.1) is 0 Å². The van der Waals surface area contributed by atoms with Gasteiger partial charge in [-0.1, -0.05) is 36.4 Å². The summed E-state index contributed by atoms with van der Waals surface area (Å²) in [5.74, 6) is -1.02. The van der Waals surface area contributed by atoms with Crippen molar-refractivity contribution in [1.29, 1.82) is 0 Å². The molecule has 160 valence electrons. The highest BCUT2D eigenvalue weighted by molar-refractivity contribution is 5.90. The van der Waals surface area contributed by atoms with E-state index in [1.165, 1.54) is 0 Å². The Morgan fingerprint density at radius 3 is 2.10 bits per heavy atom. The van der Waals surface area contributed by atoms with Gasteiger partial charge >= 0.3 is 11.9 Å². The molecular weight excluding hydrogens is 384 g/mol. The van der Waals surface area contributed by atoms with Crippen molar-refractivity contribution in [3.63, 3.8) is 0 Å². The van der Waals surface area contributed by atoms with Crippen molar-refractivity contribution in [2.45, 2.75) is 57.0 Å². The highest BCUT2D eigenvalue weighted by Gasteiger charge is 2.49. The summed E-state index contributed by atoms with van der Waals surface area (Å²) in [6.07, 6.45) is -0.0843. The van der Waals surface area contributed by atoms with Gasteiger partial charge in [0.1, 0.15) is 12.2 Å². The Kier molecular flexibility index (Phi) is 6.58. The summed E-state index contributed by atoms with van der Waals surface area (Å²) in [4.78, 5) is 25.1. The van der Waals surface area contributed by atoms with Crippen LogP contribution in [0, 0.1) is 0 Å². The first-order chi connectivity index (χ1) is 14.2. The monoisotopic (exact) mass is 412 g/mol. The fourth-order valence-electron chi connectivity index (χ4n) is 3.51. The van der Waals surface area contributed by atoms with Crippen molar-refractivity contribution in [3.8, 4) is 0 Å². The summed E-state index contributed by atoms with van der Waals surface area (Å²) in [6.45, 7) is 5.03. The molecule has 1 aliphatic heterocycles. The summed E-state index contributed by atoms with van der Waals surface area (Å²) in [7, 11) is 0. The SMILES string of the molecule is CC(C)(O)[C@@H]1CC[C@](C)([C@@H](COC(=O)c2ccccc2)OC(=O)c2ccccc2)O1. The van der Waals surface area contributed by atoms with Crippen LogP contribution >= 0.6 is 0 Å². The van der Waals surface area contributed by atoms with Crippen LogP contribution in [0.3, 0.4) is 0 Å². The molecule has 1 saturated heterocycles. The fraction of sp³-hybridized carbons (Fsp3) is 0.417.